The van der Waals surface area contributed by atoms with Gasteiger partial charge in [0.05, 0.1) is 11.0 Å². The first-order chi connectivity index (χ1) is 13.7. The molecule has 0 saturated carbocycles. The third-order valence-corrected chi connectivity index (χ3v) is 4.86. The van der Waals surface area contributed by atoms with Gasteiger partial charge in [0, 0.05) is 40.4 Å². The highest BCUT2D eigenvalue weighted by Gasteiger charge is 2.12. The summed E-state index contributed by atoms with van der Waals surface area (Å²) in [6.45, 7) is 1.96. The maximum Gasteiger partial charge on any atom is 0.251 e. The maximum atomic E-state index is 12.5. The lowest BCUT2D eigenvalue weighted by Crippen LogP contribution is -2.12. The number of pyridine rings is 2. The Balaban J connectivity index is 1.66. The van der Waals surface area contributed by atoms with Crippen LogP contribution in [-0.4, -0.2) is 20.2 Å². The summed E-state index contributed by atoms with van der Waals surface area (Å²) in [6, 6.07) is 21.6. The molecule has 0 radical (unpaired) electrons. The van der Waals surface area contributed by atoms with Crippen molar-refractivity contribution in [3.63, 3.8) is 0 Å². The number of rotatable bonds is 3. The molecular formula is C23H16N4O. The average Bonchev–Trinajstić information content (AvgIpc) is 3.10. The normalized spacial score (nSPS) is 11.0. The van der Waals surface area contributed by atoms with Gasteiger partial charge in [0.15, 0.2) is 0 Å². The van der Waals surface area contributed by atoms with E-state index >= 15 is 0 Å². The number of aromatic nitrogens is 4. The maximum absolute atomic E-state index is 12.5. The van der Waals surface area contributed by atoms with Crippen LogP contribution in [0.15, 0.2) is 59.5 Å². The molecule has 0 saturated heterocycles. The van der Waals surface area contributed by atoms with Crippen LogP contribution in [-0.2, 0) is 6.42 Å². The first-order valence-electron chi connectivity index (χ1n) is 9.02. The van der Waals surface area contributed by atoms with Crippen LogP contribution >= 0.6 is 0 Å². The van der Waals surface area contributed by atoms with Crippen molar-refractivity contribution in [2.75, 3.05) is 0 Å². The molecule has 28 heavy (non-hydrogen) atoms. The lowest BCUT2D eigenvalue weighted by molar-refractivity contribution is 1.11. The number of fused-ring (bicyclic) bond motifs is 2. The van der Waals surface area contributed by atoms with E-state index in [1.54, 1.807) is 12.3 Å². The number of benzene rings is 1. The van der Waals surface area contributed by atoms with Gasteiger partial charge in [-0.3, -0.25) is 14.9 Å². The standard InChI is InChI=1S/C23H16N4O/c1-14-9-16(7-8-24-14)22-19-12-17-11-18(10-15-5-3-2-4-6-15)23(28)25-20(17)13-21(19)26-27-22/h2-3,5,7-9,11-13H,10H2,1H3,(H,25,28)(H,26,27). The fourth-order valence-corrected chi connectivity index (χ4v) is 3.51. The molecule has 0 bridgehead atoms. The highest BCUT2D eigenvalue weighted by atomic mass is 16.1. The van der Waals surface area contributed by atoms with Crippen molar-refractivity contribution >= 4 is 21.8 Å². The molecule has 0 aliphatic heterocycles. The van der Waals surface area contributed by atoms with Crippen LogP contribution < -0.4 is 5.56 Å². The Morgan fingerprint density at radius 3 is 2.86 bits per heavy atom. The van der Waals surface area contributed by atoms with Gasteiger partial charge in [-0.15, -0.1) is 0 Å². The molecule has 0 aliphatic carbocycles. The molecule has 0 amide bonds. The highest BCUT2D eigenvalue weighted by Crippen LogP contribution is 2.29. The van der Waals surface area contributed by atoms with Crippen molar-refractivity contribution in [3.05, 3.63) is 94.0 Å². The largest absolute Gasteiger partial charge is 0.322 e. The number of H-pyrrole nitrogens is 2. The summed E-state index contributed by atoms with van der Waals surface area (Å²) in [6.07, 6.45) is 2.30. The van der Waals surface area contributed by atoms with Gasteiger partial charge in [-0.25, -0.2) is 0 Å². The van der Waals surface area contributed by atoms with E-state index in [0.29, 0.717) is 12.0 Å². The van der Waals surface area contributed by atoms with Gasteiger partial charge in [0.1, 0.15) is 5.69 Å². The predicted octanol–water partition coefficient (Wildman–Crippen LogP) is 3.97. The summed E-state index contributed by atoms with van der Waals surface area (Å²) in [4.78, 5) is 19.8. The fraction of sp³-hybridized carbons (Fsp3) is 0.0870. The Hall–Kier alpha value is -3.91. The van der Waals surface area contributed by atoms with Gasteiger partial charge in [0.25, 0.3) is 5.56 Å². The van der Waals surface area contributed by atoms with Crippen LogP contribution in [0.2, 0.25) is 0 Å². The topological polar surface area (TPSA) is 74.4 Å². The van der Waals surface area contributed by atoms with Gasteiger partial charge in [0.2, 0.25) is 0 Å². The lowest BCUT2D eigenvalue weighted by Gasteiger charge is -2.04. The molecule has 3 heterocycles. The summed E-state index contributed by atoms with van der Waals surface area (Å²) in [5.74, 6) is 0. The Kier molecular flexibility index (Phi) is 3.70. The van der Waals surface area contributed by atoms with Gasteiger partial charge in [-0.1, -0.05) is 18.2 Å². The van der Waals surface area contributed by atoms with E-state index in [4.69, 9.17) is 0 Å². The zero-order chi connectivity index (χ0) is 19.1. The number of nitrogens with one attached hydrogen (secondary N) is 2. The smallest absolute Gasteiger partial charge is 0.251 e. The molecule has 2 aromatic carbocycles. The highest BCUT2D eigenvalue weighted by molar-refractivity contribution is 6.01. The number of nitrogens with zero attached hydrogens (tertiary/aromatic N) is 2. The van der Waals surface area contributed by atoms with E-state index in [-0.39, 0.29) is 5.56 Å². The van der Waals surface area contributed by atoms with Crippen LogP contribution in [0, 0.1) is 19.1 Å². The molecule has 3 aromatic heterocycles. The van der Waals surface area contributed by atoms with E-state index in [1.807, 2.05) is 43.3 Å². The first-order valence-corrected chi connectivity index (χ1v) is 9.02. The van der Waals surface area contributed by atoms with Crippen LogP contribution in [0.25, 0.3) is 33.1 Å². The summed E-state index contributed by atoms with van der Waals surface area (Å²) in [7, 11) is 0. The quantitative estimate of drug-likeness (QED) is 0.509. The lowest BCUT2D eigenvalue weighted by atomic mass is 10.0. The molecule has 5 heteroatoms. The molecular weight excluding hydrogens is 348 g/mol. The zero-order valence-electron chi connectivity index (χ0n) is 15.2. The number of hydrogen-bond acceptors (Lipinski definition) is 3. The van der Waals surface area contributed by atoms with E-state index in [2.05, 4.69) is 38.4 Å². The van der Waals surface area contributed by atoms with Crippen LogP contribution in [0.1, 0.15) is 16.8 Å². The monoisotopic (exact) mass is 364 g/mol. The second-order valence-electron chi connectivity index (χ2n) is 6.86. The SMILES string of the molecule is Cc1cc(-c2n[nH]c3cc4[nH]c(=O)c(Cc5c#cccc5)cc4cc23)ccn1. The number of aryl methyl sites for hydroxylation is 1. The second kappa shape index (κ2) is 6.36. The minimum Gasteiger partial charge on any atom is -0.322 e. The molecule has 5 aromatic rings. The van der Waals surface area contributed by atoms with Gasteiger partial charge < -0.3 is 4.98 Å². The van der Waals surface area contributed by atoms with E-state index in [1.165, 1.54) is 0 Å². The first kappa shape index (κ1) is 16.3. The van der Waals surface area contributed by atoms with Gasteiger partial charge in [-0.2, -0.15) is 5.10 Å². The van der Waals surface area contributed by atoms with Crippen molar-refractivity contribution in [2.24, 2.45) is 0 Å². The van der Waals surface area contributed by atoms with Crippen molar-refractivity contribution < 1.29 is 0 Å². The fourth-order valence-electron chi connectivity index (χ4n) is 3.51. The Morgan fingerprint density at radius 2 is 2.04 bits per heavy atom. The van der Waals surface area contributed by atoms with Crippen LogP contribution in [0.3, 0.4) is 0 Å². The minimum absolute atomic E-state index is 0.0893. The number of aromatic amines is 2. The second-order valence-corrected chi connectivity index (χ2v) is 6.86. The Labute approximate surface area is 161 Å². The molecule has 5 rings (SSSR count). The molecule has 5 nitrogen and oxygen atoms in total. The third-order valence-electron chi connectivity index (χ3n) is 4.86. The van der Waals surface area contributed by atoms with Crippen LogP contribution in [0.4, 0.5) is 0 Å². The summed E-state index contributed by atoms with van der Waals surface area (Å²) >= 11 is 0. The molecule has 0 fully saturated rings. The summed E-state index contributed by atoms with van der Waals surface area (Å²) in [5.41, 5.74) is 6.04. The van der Waals surface area contributed by atoms with E-state index in [9.17, 15) is 4.79 Å². The van der Waals surface area contributed by atoms with Crippen LogP contribution in [0.5, 0.6) is 0 Å². The number of hydrogen-bond donors (Lipinski definition) is 2. The third kappa shape index (κ3) is 2.81. The van der Waals surface area contributed by atoms with Crippen molar-refractivity contribution in [2.45, 2.75) is 13.3 Å². The zero-order valence-corrected chi connectivity index (χ0v) is 15.2. The predicted molar refractivity (Wildman–Crippen MR) is 109 cm³/mol. The minimum atomic E-state index is -0.0893. The summed E-state index contributed by atoms with van der Waals surface area (Å²) in [5, 5.41) is 9.54. The van der Waals surface area contributed by atoms with Gasteiger partial charge in [-0.05, 0) is 54.8 Å². The summed E-state index contributed by atoms with van der Waals surface area (Å²) < 4.78 is 0. The average molecular weight is 364 g/mol. The van der Waals surface area contributed by atoms with Crippen molar-refractivity contribution in [3.8, 4) is 11.3 Å². The van der Waals surface area contributed by atoms with Crippen molar-refractivity contribution in [1.29, 1.82) is 0 Å². The van der Waals surface area contributed by atoms with E-state index in [0.717, 1.165) is 44.3 Å². The van der Waals surface area contributed by atoms with E-state index < -0.39 is 0 Å². The Bertz CT molecular complexity index is 1370. The van der Waals surface area contributed by atoms with Crippen molar-refractivity contribution in [1.82, 2.24) is 20.2 Å². The molecule has 0 aliphatic rings. The molecule has 0 spiro atoms. The van der Waals surface area contributed by atoms with Gasteiger partial charge >= 0.3 is 0 Å². The molecule has 2 N–H and O–H groups in total. The Morgan fingerprint density at radius 1 is 1.11 bits per heavy atom. The molecule has 0 unspecified atom stereocenters. The molecule has 0 atom stereocenters. The molecule has 134 valence electrons.